The van der Waals surface area contributed by atoms with E-state index in [1.807, 2.05) is 39.1 Å². The zero-order valence-electron chi connectivity index (χ0n) is 12.9. The minimum atomic E-state index is -0.379. The van der Waals surface area contributed by atoms with Gasteiger partial charge in [0, 0.05) is 18.8 Å². The number of benzene rings is 1. The summed E-state index contributed by atoms with van der Waals surface area (Å²) in [5, 5.41) is 3.23. The number of methoxy groups -OCH3 is 2. The number of rotatable bonds is 9. The molecule has 0 aliphatic carbocycles. The Balaban J connectivity index is 3.13. The highest BCUT2D eigenvalue weighted by Gasteiger charge is 2.26. The lowest BCUT2D eigenvalue weighted by Gasteiger charge is -2.28. The van der Waals surface area contributed by atoms with Crippen LogP contribution in [-0.4, -0.2) is 40.8 Å². The Hall–Kier alpha value is -1.30. The van der Waals surface area contributed by atoms with Crippen LogP contribution in [0, 0.1) is 0 Å². The second kappa shape index (κ2) is 8.79. The van der Waals surface area contributed by atoms with E-state index in [-0.39, 0.29) is 12.3 Å². The summed E-state index contributed by atoms with van der Waals surface area (Å²) in [6.07, 6.45) is -0.379. The van der Waals surface area contributed by atoms with Crippen LogP contribution >= 0.6 is 0 Å². The average molecular weight is 283 g/mol. The molecule has 0 saturated heterocycles. The fourth-order valence-corrected chi connectivity index (χ4v) is 2.09. The Labute approximate surface area is 121 Å². The lowest BCUT2D eigenvalue weighted by atomic mass is 10.0. The normalized spacial score (nSPS) is 12.5. The summed E-state index contributed by atoms with van der Waals surface area (Å²) in [6.45, 7) is 5.05. The molecule has 0 heterocycles. The molecule has 5 nitrogen and oxygen atoms in total. The molecule has 1 atom stereocenters. The highest BCUT2D eigenvalue weighted by Crippen LogP contribution is 2.32. The van der Waals surface area contributed by atoms with Crippen LogP contribution in [0.2, 0.25) is 0 Å². The minimum absolute atomic E-state index is 0.139. The van der Waals surface area contributed by atoms with Gasteiger partial charge in [0.25, 0.3) is 0 Å². The maximum absolute atomic E-state index is 5.68. The first-order valence-electron chi connectivity index (χ1n) is 6.84. The second-order valence-corrected chi connectivity index (χ2v) is 4.15. The van der Waals surface area contributed by atoms with Crippen LogP contribution in [0.1, 0.15) is 25.5 Å². The third kappa shape index (κ3) is 4.10. The van der Waals surface area contributed by atoms with Gasteiger partial charge in [0.15, 0.2) is 6.29 Å². The zero-order valence-corrected chi connectivity index (χ0v) is 12.9. The van der Waals surface area contributed by atoms with E-state index in [4.69, 9.17) is 18.9 Å². The molecule has 1 aromatic rings. The van der Waals surface area contributed by atoms with Gasteiger partial charge < -0.3 is 24.3 Å². The molecule has 0 fully saturated rings. The molecule has 1 N–H and O–H groups in total. The summed E-state index contributed by atoms with van der Waals surface area (Å²) >= 11 is 0. The smallest absolute Gasteiger partial charge is 0.176 e. The van der Waals surface area contributed by atoms with E-state index in [9.17, 15) is 0 Å². The van der Waals surface area contributed by atoms with Gasteiger partial charge in [-0.2, -0.15) is 0 Å². The molecule has 1 unspecified atom stereocenters. The fraction of sp³-hybridized carbons (Fsp3) is 0.600. The third-order valence-electron chi connectivity index (χ3n) is 3.02. The zero-order chi connectivity index (χ0) is 15.0. The van der Waals surface area contributed by atoms with Crippen molar-refractivity contribution in [3.05, 3.63) is 23.8 Å². The number of nitrogens with one attached hydrogen (secondary N) is 1. The van der Waals surface area contributed by atoms with E-state index in [2.05, 4.69) is 5.32 Å². The Morgan fingerprint density at radius 1 is 1.05 bits per heavy atom. The molecule has 114 valence electrons. The molecule has 0 spiro atoms. The van der Waals surface area contributed by atoms with E-state index >= 15 is 0 Å². The van der Waals surface area contributed by atoms with Crippen LogP contribution in [0.4, 0.5) is 0 Å². The summed E-state index contributed by atoms with van der Waals surface area (Å²) in [5.41, 5.74) is 0.946. The van der Waals surface area contributed by atoms with Crippen LogP contribution < -0.4 is 14.8 Å². The van der Waals surface area contributed by atoms with Crippen LogP contribution in [-0.2, 0) is 9.47 Å². The molecule has 5 heteroatoms. The first-order chi connectivity index (χ1) is 9.71. The van der Waals surface area contributed by atoms with Gasteiger partial charge in [0.05, 0.1) is 20.3 Å². The van der Waals surface area contributed by atoms with Crippen molar-refractivity contribution < 1.29 is 18.9 Å². The van der Waals surface area contributed by atoms with Crippen molar-refractivity contribution in [1.82, 2.24) is 5.32 Å². The maximum Gasteiger partial charge on any atom is 0.176 e. The van der Waals surface area contributed by atoms with Gasteiger partial charge in [0.2, 0.25) is 0 Å². The van der Waals surface area contributed by atoms with Gasteiger partial charge in [0.1, 0.15) is 11.5 Å². The van der Waals surface area contributed by atoms with Gasteiger partial charge in [-0.1, -0.05) is 0 Å². The first-order valence-corrected chi connectivity index (χ1v) is 6.84. The topological polar surface area (TPSA) is 49.0 Å². The number of hydrogen-bond acceptors (Lipinski definition) is 5. The number of hydrogen-bond donors (Lipinski definition) is 1. The van der Waals surface area contributed by atoms with Crippen LogP contribution in [0.25, 0.3) is 0 Å². The molecule has 1 aromatic carbocycles. The average Bonchev–Trinajstić information content (AvgIpc) is 2.48. The van der Waals surface area contributed by atoms with Crippen LogP contribution in [0.15, 0.2) is 18.2 Å². The van der Waals surface area contributed by atoms with Crippen molar-refractivity contribution in [2.75, 3.05) is 34.5 Å². The summed E-state index contributed by atoms with van der Waals surface area (Å²) < 4.78 is 22.1. The highest BCUT2D eigenvalue weighted by atomic mass is 16.7. The Morgan fingerprint density at radius 3 is 2.15 bits per heavy atom. The van der Waals surface area contributed by atoms with Crippen molar-refractivity contribution >= 4 is 0 Å². The van der Waals surface area contributed by atoms with Crippen molar-refractivity contribution in [2.24, 2.45) is 0 Å². The fourth-order valence-electron chi connectivity index (χ4n) is 2.09. The molecule has 0 aromatic heterocycles. The summed E-state index contributed by atoms with van der Waals surface area (Å²) in [7, 11) is 5.16. The van der Waals surface area contributed by atoms with Crippen molar-refractivity contribution in [2.45, 2.75) is 26.2 Å². The number of ether oxygens (including phenoxy) is 4. The van der Waals surface area contributed by atoms with Gasteiger partial charge in [-0.15, -0.1) is 0 Å². The molecular formula is C15H25NO4. The van der Waals surface area contributed by atoms with E-state index in [0.29, 0.717) is 13.2 Å². The van der Waals surface area contributed by atoms with Crippen LogP contribution in [0.5, 0.6) is 11.5 Å². The predicted octanol–water partition coefficient (Wildman–Crippen LogP) is 2.36. The Kier molecular flexibility index (Phi) is 7.36. The largest absolute Gasteiger partial charge is 0.497 e. The summed E-state index contributed by atoms with van der Waals surface area (Å²) in [6, 6.07) is 5.55. The molecule has 0 radical (unpaired) electrons. The van der Waals surface area contributed by atoms with E-state index in [1.54, 1.807) is 14.2 Å². The second-order valence-electron chi connectivity index (χ2n) is 4.15. The molecule has 0 aliphatic heterocycles. The highest BCUT2D eigenvalue weighted by molar-refractivity contribution is 5.42. The van der Waals surface area contributed by atoms with Gasteiger partial charge in [-0.25, -0.2) is 0 Å². The molecule has 0 amide bonds. The van der Waals surface area contributed by atoms with Crippen molar-refractivity contribution in [1.29, 1.82) is 0 Å². The third-order valence-corrected chi connectivity index (χ3v) is 3.02. The van der Waals surface area contributed by atoms with Gasteiger partial charge in [-0.3, -0.25) is 0 Å². The van der Waals surface area contributed by atoms with Crippen molar-refractivity contribution in [3.63, 3.8) is 0 Å². The quantitative estimate of drug-likeness (QED) is 0.705. The van der Waals surface area contributed by atoms with Gasteiger partial charge in [-0.05, 0) is 39.1 Å². The minimum Gasteiger partial charge on any atom is -0.497 e. The molecular weight excluding hydrogens is 258 g/mol. The molecule has 0 aliphatic rings. The first kappa shape index (κ1) is 16.8. The van der Waals surface area contributed by atoms with Crippen LogP contribution in [0.3, 0.4) is 0 Å². The van der Waals surface area contributed by atoms with E-state index in [1.165, 1.54) is 0 Å². The lowest BCUT2D eigenvalue weighted by molar-refractivity contribution is -0.154. The monoisotopic (exact) mass is 283 g/mol. The Morgan fingerprint density at radius 2 is 1.70 bits per heavy atom. The van der Waals surface area contributed by atoms with E-state index < -0.39 is 0 Å². The lowest BCUT2D eigenvalue weighted by Crippen LogP contribution is -2.34. The summed E-state index contributed by atoms with van der Waals surface area (Å²) in [4.78, 5) is 0. The van der Waals surface area contributed by atoms with Crippen molar-refractivity contribution in [3.8, 4) is 11.5 Å². The standard InChI is InChI=1S/C15H25NO4/c1-6-19-15(20-7-2)14(16-3)12-10-11(17-4)8-9-13(12)18-5/h8-10,14-16H,6-7H2,1-5H3. The molecule has 0 bridgehead atoms. The Bertz CT molecular complexity index is 391. The van der Waals surface area contributed by atoms with Gasteiger partial charge >= 0.3 is 0 Å². The number of likely N-dealkylation sites (N-methyl/N-ethyl adjacent to an activating group) is 1. The summed E-state index contributed by atoms with van der Waals surface area (Å²) in [5.74, 6) is 1.54. The van der Waals surface area contributed by atoms with E-state index in [0.717, 1.165) is 17.1 Å². The maximum atomic E-state index is 5.68. The SMILES string of the molecule is CCOC(OCC)C(NC)c1cc(OC)ccc1OC. The molecule has 1 rings (SSSR count). The molecule has 20 heavy (non-hydrogen) atoms. The predicted molar refractivity (Wildman–Crippen MR) is 78.4 cm³/mol. The molecule has 0 saturated carbocycles.